The second-order valence-corrected chi connectivity index (χ2v) is 9.44. The van der Waals surface area contributed by atoms with Crippen molar-refractivity contribution in [3.63, 3.8) is 0 Å². The van der Waals surface area contributed by atoms with E-state index >= 15 is 0 Å². The van der Waals surface area contributed by atoms with Crippen molar-refractivity contribution in [3.8, 4) is 5.69 Å². The summed E-state index contributed by atoms with van der Waals surface area (Å²) >= 11 is 0. The summed E-state index contributed by atoms with van der Waals surface area (Å²) < 4.78 is 1.87. The minimum atomic E-state index is -0.641. The van der Waals surface area contributed by atoms with Crippen LogP contribution in [-0.2, 0) is 9.59 Å². The molecule has 6 nitrogen and oxygen atoms in total. The average molecular weight is 457 g/mol. The largest absolute Gasteiger partial charge is 0.364 e. The monoisotopic (exact) mass is 456 g/mol. The number of Topliss-reactive ketones (excluding diaryl/α,β-unsaturated/α-hetero) is 1. The van der Waals surface area contributed by atoms with Crippen LogP contribution in [0.3, 0.4) is 0 Å². The fourth-order valence-corrected chi connectivity index (χ4v) is 6.14. The first kappa shape index (κ1) is 22.3. The number of para-hydroxylation sites is 2. The van der Waals surface area contributed by atoms with Crippen molar-refractivity contribution in [1.82, 2.24) is 9.05 Å². The van der Waals surface area contributed by atoms with Gasteiger partial charge >= 0.3 is 5.91 Å². The fourth-order valence-electron chi connectivity index (χ4n) is 6.14. The number of nitrogens with two attached hydrogens (primary N) is 1. The number of hydrogen-bond donors (Lipinski definition) is 1. The molecule has 2 fully saturated rings. The molecule has 2 amide bonds. The quantitative estimate of drug-likeness (QED) is 0.444. The maximum atomic E-state index is 14.6. The highest BCUT2D eigenvalue weighted by Gasteiger charge is 2.58. The molecule has 6 heteroatoms. The van der Waals surface area contributed by atoms with Crippen LogP contribution in [0.15, 0.2) is 79.1 Å². The molecule has 34 heavy (non-hydrogen) atoms. The van der Waals surface area contributed by atoms with Crippen LogP contribution in [-0.4, -0.2) is 34.8 Å². The van der Waals surface area contributed by atoms with Crippen LogP contribution in [0.4, 0.5) is 5.69 Å². The van der Waals surface area contributed by atoms with Crippen LogP contribution in [0.1, 0.15) is 42.5 Å². The Kier molecular flexibility index (Phi) is 5.92. The van der Waals surface area contributed by atoms with Crippen molar-refractivity contribution < 1.29 is 14.4 Å². The summed E-state index contributed by atoms with van der Waals surface area (Å²) in [5, 5.41) is 0. The molecule has 1 aliphatic heterocycles. The van der Waals surface area contributed by atoms with Crippen molar-refractivity contribution in [2.24, 2.45) is 17.6 Å². The van der Waals surface area contributed by atoms with Crippen molar-refractivity contribution in [1.29, 1.82) is 0 Å². The van der Waals surface area contributed by atoms with Gasteiger partial charge in [-0.1, -0.05) is 48.9 Å². The van der Waals surface area contributed by atoms with Gasteiger partial charge in [-0.15, -0.1) is 0 Å². The Labute approximate surface area is 199 Å². The molecule has 1 aromatic heterocycles. The van der Waals surface area contributed by atoms with E-state index in [0.29, 0.717) is 31.4 Å². The molecule has 1 unspecified atom stereocenters. The van der Waals surface area contributed by atoms with Crippen molar-refractivity contribution in [2.75, 3.05) is 6.54 Å². The predicted molar refractivity (Wildman–Crippen MR) is 131 cm³/mol. The smallest absolute Gasteiger partial charge is 0.323 e. The molecule has 2 aromatic carbocycles. The van der Waals surface area contributed by atoms with Gasteiger partial charge in [-0.3, -0.25) is 9.59 Å². The van der Waals surface area contributed by atoms with Gasteiger partial charge in [-0.05, 0) is 31.0 Å². The Morgan fingerprint density at radius 1 is 0.794 bits per heavy atom. The van der Waals surface area contributed by atoms with Crippen LogP contribution in [0.25, 0.3) is 5.69 Å². The number of rotatable bonds is 6. The number of likely N-dealkylation sites (tertiary alicyclic amines) is 1. The maximum Gasteiger partial charge on any atom is 0.323 e. The second kappa shape index (κ2) is 9.03. The van der Waals surface area contributed by atoms with Crippen LogP contribution in [0, 0.1) is 11.8 Å². The number of amides is 2. The SMILES string of the molecule is NC(=O)[C@@H]1CCC[N+]1(C(=O)[C@H]1CCC[C@@H]1C(=O)c1ccccc1)c1ccccc1-n1cccc1. The molecular formula is C28H30N3O3+. The lowest BCUT2D eigenvalue weighted by atomic mass is 9.86. The van der Waals surface area contributed by atoms with Crippen LogP contribution in [0.5, 0.6) is 0 Å². The Morgan fingerprint density at radius 2 is 1.47 bits per heavy atom. The number of nitrogens with zero attached hydrogens (tertiary/aromatic N) is 2. The molecule has 1 saturated heterocycles. The van der Waals surface area contributed by atoms with Gasteiger partial charge in [0.2, 0.25) is 0 Å². The summed E-state index contributed by atoms with van der Waals surface area (Å²) in [7, 11) is 0. The summed E-state index contributed by atoms with van der Waals surface area (Å²) in [6.45, 7) is 0.507. The highest BCUT2D eigenvalue weighted by atomic mass is 16.2. The summed E-state index contributed by atoms with van der Waals surface area (Å²) in [5.41, 5.74) is 8.20. The molecule has 0 bridgehead atoms. The molecule has 2 heterocycles. The number of quaternary nitrogens is 1. The van der Waals surface area contributed by atoms with E-state index in [9.17, 15) is 14.4 Å². The number of primary amides is 1. The zero-order chi connectivity index (χ0) is 23.7. The van der Waals surface area contributed by atoms with Gasteiger partial charge < -0.3 is 10.3 Å². The van der Waals surface area contributed by atoms with Crippen molar-refractivity contribution >= 4 is 23.3 Å². The van der Waals surface area contributed by atoms with E-state index in [1.165, 1.54) is 0 Å². The third-order valence-corrected chi connectivity index (χ3v) is 7.66. The lowest BCUT2D eigenvalue weighted by molar-refractivity contribution is -0.140. The minimum Gasteiger partial charge on any atom is -0.364 e. The number of aromatic nitrogens is 1. The van der Waals surface area contributed by atoms with Gasteiger partial charge in [0.15, 0.2) is 17.5 Å². The Balaban J connectivity index is 1.61. The lowest BCUT2D eigenvalue weighted by Gasteiger charge is -2.39. The predicted octanol–water partition coefficient (Wildman–Crippen LogP) is 4.26. The van der Waals surface area contributed by atoms with E-state index in [1.54, 1.807) is 0 Å². The molecular weight excluding hydrogens is 426 g/mol. The van der Waals surface area contributed by atoms with E-state index in [1.807, 2.05) is 83.7 Å². The van der Waals surface area contributed by atoms with Gasteiger partial charge in [0.25, 0.3) is 5.91 Å². The number of carbonyl (C=O) groups excluding carboxylic acids is 3. The topological polar surface area (TPSA) is 82.2 Å². The van der Waals surface area contributed by atoms with Gasteiger partial charge in [0, 0.05) is 42.8 Å². The third-order valence-electron chi connectivity index (χ3n) is 7.66. The minimum absolute atomic E-state index is 0.0168. The fraction of sp³-hybridized carbons (Fsp3) is 0.321. The zero-order valence-corrected chi connectivity index (χ0v) is 19.2. The summed E-state index contributed by atoms with van der Waals surface area (Å²) in [5.74, 6) is -1.31. The normalized spacial score (nSPS) is 26.4. The molecule has 1 aliphatic carbocycles. The first-order chi connectivity index (χ1) is 16.5. The van der Waals surface area contributed by atoms with Crippen LogP contribution in [0.2, 0.25) is 0 Å². The van der Waals surface area contributed by atoms with E-state index in [2.05, 4.69) is 0 Å². The third kappa shape index (κ3) is 3.59. The molecule has 4 atom stereocenters. The van der Waals surface area contributed by atoms with E-state index in [4.69, 9.17) is 5.73 Å². The maximum absolute atomic E-state index is 14.6. The number of carbonyl (C=O) groups is 3. The first-order valence-electron chi connectivity index (χ1n) is 12.1. The van der Waals surface area contributed by atoms with Gasteiger partial charge in [0.05, 0.1) is 12.5 Å². The first-order valence-corrected chi connectivity index (χ1v) is 12.1. The summed E-state index contributed by atoms with van der Waals surface area (Å²) in [6, 6.07) is 20.2. The van der Waals surface area contributed by atoms with Crippen molar-refractivity contribution in [2.45, 2.75) is 38.1 Å². The molecule has 1 saturated carbocycles. The standard InChI is InChI=1S/C28H29N3O3/c29-27(33)25-16-9-19-31(25,24-15-5-4-14-23(24)30-17-6-7-18-30)28(34)22-13-8-12-21(22)26(32)20-10-2-1-3-11-20/h1-7,10-11,14-15,17-18,21-22,25H,8-9,12-13,16,19H2,(H-,29,33)/p+1/t21-,22-,25-,31?/m0/s1. The van der Waals surface area contributed by atoms with Crippen molar-refractivity contribution in [3.05, 3.63) is 84.7 Å². The Bertz CT molecular complexity index is 1200. The summed E-state index contributed by atoms with van der Waals surface area (Å²) in [6.07, 6.45) is 7.32. The molecule has 2 N–H and O–H groups in total. The number of ketones is 1. The van der Waals surface area contributed by atoms with E-state index in [0.717, 1.165) is 24.2 Å². The average Bonchev–Trinajstić information content (AvgIpc) is 3.64. The van der Waals surface area contributed by atoms with Gasteiger partial charge in [-0.2, -0.15) is 0 Å². The van der Waals surface area contributed by atoms with E-state index in [-0.39, 0.29) is 22.1 Å². The highest BCUT2D eigenvalue weighted by molar-refractivity contribution is 6.04. The molecule has 0 spiro atoms. The molecule has 2 aliphatic rings. The second-order valence-electron chi connectivity index (χ2n) is 9.44. The van der Waals surface area contributed by atoms with Crippen LogP contribution < -0.4 is 10.2 Å². The molecule has 3 aromatic rings. The van der Waals surface area contributed by atoms with Crippen LogP contribution >= 0.6 is 0 Å². The van der Waals surface area contributed by atoms with Gasteiger partial charge in [-0.25, -0.2) is 9.28 Å². The van der Waals surface area contributed by atoms with Gasteiger partial charge in [0.1, 0.15) is 5.69 Å². The lowest BCUT2D eigenvalue weighted by Crippen LogP contribution is -2.64. The number of benzene rings is 2. The molecule has 0 radical (unpaired) electrons. The molecule has 5 rings (SSSR count). The Hall–Kier alpha value is -3.51. The highest BCUT2D eigenvalue weighted by Crippen LogP contribution is 2.44. The van der Waals surface area contributed by atoms with E-state index < -0.39 is 17.9 Å². The zero-order valence-electron chi connectivity index (χ0n) is 19.2. The summed E-state index contributed by atoms with van der Waals surface area (Å²) in [4.78, 5) is 40.7. The molecule has 174 valence electrons. The number of hydrogen-bond acceptors (Lipinski definition) is 3. The Morgan fingerprint density at radius 3 is 2.21 bits per heavy atom.